The normalized spacial score (nSPS) is 13.1. The Morgan fingerprint density at radius 1 is 1.47 bits per heavy atom. The van der Waals surface area contributed by atoms with Gasteiger partial charge in [-0.15, -0.1) is 0 Å². The van der Waals surface area contributed by atoms with E-state index >= 15 is 0 Å². The van der Waals surface area contributed by atoms with E-state index in [4.69, 9.17) is 4.74 Å². The average molecular weight is 269 g/mol. The number of aromatic nitrogens is 2. The standard InChI is InChI=1S/C14H27N3O2/c1-12(2)5-4-8-19-11-14(18)10-15-9-13-6-7-16-17(13)3/h6-7,12,14-15,18H,4-5,8-11H2,1-3H3. The van der Waals surface area contributed by atoms with Crippen LogP contribution in [0.15, 0.2) is 12.3 Å². The summed E-state index contributed by atoms with van der Waals surface area (Å²) in [5.41, 5.74) is 1.10. The van der Waals surface area contributed by atoms with Gasteiger partial charge in [0.15, 0.2) is 0 Å². The third-order valence-corrected chi connectivity index (χ3v) is 2.99. The Morgan fingerprint density at radius 2 is 2.26 bits per heavy atom. The first-order valence-corrected chi connectivity index (χ1v) is 7.03. The summed E-state index contributed by atoms with van der Waals surface area (Å²) in [5, 5.41) is 17.0. The molecule has 0 aliphatic rings. The molecule has 5 heteroatoms. The van der Waals surface area contributed by atoms with Gasteiger partial charge in [0.05, 0.1) is 18.4 Å². The van der Waals surface area contributed by atoms with Gasteiger partial charge in [-0.05, 0) is 24.8 Å². The highest BCUT2D eigenvalue weighted by atomic mass is 16.5. The fraction of sp³-hybridized carbons (Fsp3) is 0.786. The minimum absolute atomic E-state index is 0.399. The van der Waals surface area contributed by atoms with Gasteiger partial charge < -0.3 is 15.2 Å². The van der Waals surface area contributed by atoms with Crippen LogP contribution < -0.4 is 5.32 Å². The highest BCUT2D eigenvalue weighted by Crippen LogP contribution is 2.03. The highest BCUT2D eigenvalue weighted by Gasteiger charge is 2.05. The molecule has 0 fully saturated rings. The van der Waals surface area contributed by atoms with Gasteiger partial charge in [0, 0.05) is 32.9 Å². The van der Waals surface area contributed by atoms with Crippen molar-refractivity contribution in [3.05, 3.63) is 18.0 Å². The van der Waals surface area contributed by atoms with Gasteiger partial charge in [-0.2, -0.15) is 5.10 Å². The molecule has 1 atom stereocenters. The lowest BCUT2D eigenvalue weighted by molar-refractivity contribution is 0.0346. The lowest BCUT2D eigenvalue weighted by Gasteiger charge is -2.13. The molecular formula is C14H27N3O2. The Labute approximate surface area is 116 Å². The number of aliphatic hydroxyl groups is 1. The molecule has 19 heavy (non-hydrogen) atoms. The number of nitrogens with zero attached hydrogens (tertiary/aromatic N) is 2. The molecule has 0 saturated carbocycles. The number of aryl methyl sites for hydroxylation is 1. The number of nitrogens with one attached hydrogen (secondary N) is 1. The summed E-state index contributed by atoms with van der Waals surface area (Å²) < 4.78 is 7.27. The van der Waals surface area contributed by atoms with Crippen LogP contribution in [0.2, 0.25) is 0 Å². The van der Waals surface area contributed by atoms with Crippen LogP contribution in [0.5, 0.6) is 0 Å². The minimum atomic E-state index is -0.452. The third-order valence-electron chi connectivity index (χ3n) is 2.99. The molecule has 1 heterocycles. The zero-order chi connectivity index (χ0) is 14.1. The highest BCUT2D eigenvalue weighted by molar-refractivity contribution is 4.99. The first-order chi connectivity index (χ1) is 9.09. The van der Waals surface area contributed by atoms with Crippen LogP contribution >= 0.6 is 0 Å². The van der Waals surface area contributed by atoms with Crippen LogP contribution in [0, 0.1) is 5.92 Å². The largest absolute Gasteiger partial charge is 0.389 e. The van der Waals surface area contributed by atoms with E-state index in [0.29, 0.717) is 25.6 Å². The first-order valence-electron chi connectivity index (χ1n) is 7.03. The molecule has 0 spiro atoms. The Balaban J connectivity index is 1.99. The Bertz CT molecular complexity index is 339. The SMILES string of the molecule is CC(C)CCCOCC(O)CNCc1ccnn1C. The van der Waals surface area contributed by atoms with Crippen molar-refractivity contribution in [2.24, 2.45) is 13.0 Å². The Kier molecular flexibility index (Phi) is 7.70. The molecule has 1 unspecified atom stereocenters. The minimum Gasteiger partial charge on any atom is -0.389 e. The fourth-order valence-corrected chi connectivity index (χ4v) is 1.81. The molecule has 0 radical (unpaired) electrons. The van der Waals surface area contributed by atoms with Gasteiger partial charge in [0.25, 0.3) is 0 Å². The lowest BCUT2D eigenvalue weighted by Crippen LogP contribution is -2.30. The molecular weight excluding hydrogens is 242 g/mol. The van der Waals surface area contributed by atoms with Crippen LogP contribution in [0.1, 0.15) is 32.4 Å². The van der Waals surface area contributed by atoms with Crippen molar-refractivity contribution >= 4 is 0 Å². The first kappa shape index (κ1) is 16.1. The molecule has 5 nitrogen and oxygen atoms in total. The van der Waals surface area contributed by atoms with Crippen LogP contribution in [0.25, 0.3) is 0 Å². The van der Waals surface area contributed by atoms with Crippen molar-refractivity contribution < 1.29 is 9.84 Å². The van der Waals surface area contributed by atoms with Gasteiger partial charge in [0.2, 0.25) is 0 Å². The van der Waals surface area contributed by atoms with E-state index in [-0.39, 0.29) is 0 Å². The van der Waals surface area contributed by atoms with E-state index < -0.39 is 6.10 Å². The lowest BCUT2D eigenvalue weighted by atomic mass is 10.1. The molecule has 110 valence electrons. The quantitative estimate of drug-likeness (QED) is 0.629. The molecule has 1 rings (SSSR count). The molecule has 0 saturated heterocycles. The maximum Gasteiger partial charge on any atom is 0.0897 e. The summed E-state index contributed by atoms with van der Waals surface area (Å²) in [7, 11) is 1.91. The van der Waals surface area contributed by atoms with E-state index in [1.54, 1.807) is 6.20 Å². The van der Waals surface area contributed by atoms with Crippen molar-refractivity contribution in [2.45, 2.75) is 39.3 Å². The monoisotopic (exact) mass is 269 g/mol. The number of hydrogen-bond acceptors (Lipinski definition) is 4. The molecule has 1 aromatic rings. The molecule has 0 bridgehead atoms. The molecule has 1 aromatic heterocycles. The zero-order valence-corrected chi connectivity index (χ0v) is 12.3. The van der Waals surface area contributed by atoms with Crippen molar-refractivity contribution in [2.75, 3.05) is 19.8 Å². The Morgan fingerprint density at radius 3 is 2.89 bits per heavy atom. The van der Waals surface area contributed by atoms with Gasteiger partial charge in [-0.1, -0.05) is 13.8 Å². The number of rotatable bonds is 10. The van der Waals surface area contributed by atoms with Crippen LogP contribution in [-0.2, 0) is 18.3 Å². The van der Waals surface area contributed by atoms with Crippen LogP contribution in [0.3, 0.4) is 0 Å². The predicted octanol–water partition coefficient (Wildman–Crippen LogP) is 1.32. The van der Waals surface area contributed by atoms with Crippen molar-refractivity contribution in [1.82, 2.24) is 15.1 Å². The van der Waals surface area contributed by atoms with Gasteiger partial charge in [-0.3, -0.25) is 4.68 Å². The summed E-state index contributed by atoms with van der Waals surface area (Å²) in [6.07, 6.45) is 3.56. The van der Waals surface area contributed by atoms with E-state index in [0.717, 1.165) is 18.7 Å². The number of aliphatic hydroxyl groups excluding tert-OH is 1. The van der Waals surface area contributed by atoms with Gasteiger partial charge >= 0.3 is 0 Å². The van der Waals surface area contributed by atoms with E-state index in [1.165, 1.54) is 6.42 Å². The molecule has 0 aliphatic carbocycles. The summed E-state index contributed by atoms with van der Waals surface area (Å²) in [5.74, 6) is 0.717. The zero-order valence-electron chi connectivity index (χ0n) is 12.3. The second-order valence-corrected chi connectivity index (χ2v) is 5.34. The van der Waals surface area contributed by atoms with E-state index in [1.807, 2.05) is 17.8 Å². The molecule has 0 amide bonds. The smallest absolute Gasteiger partial charge is 0.0897 e. The van der Waals surface area contributed by atoms with Gasteiger partial charge in [0.1, 0.15) is 0 Å². The summed E-state index contributed by atoms with van der Waals surface area (Å²) >= 11 is 0. The number of ether oxygens (including phenoxy) is 1. The van der Waals surface area contributed by atoms with E-state index in [9.17, 15) is 5.11 Å². The second-order valence-electron chi connectivity index (χ2n) is 5.34. The summed E-state index contributed by atoms with van der Waals surface area (Å²) in [6.45, 7) is 6.79. The topological polar surface area (TPSA) is 59.3 Å². The van der Waals surface area contributed by atoms with Crippen LogP contribution in [0.4, 0.5) is 0 Å². The van der Waals surface area contributed by atoms with Gasteiger partial charge in [-0.25, -0.2) is 0 Å². The molecule has 0 aromatic carbocycles. The average Bonchev–Trinajstić information content (AvgIpc) is 2.74. The summed E-state index contributed by atoms with van der Waals surface area (Å²) in [6, 6.07) is 1.96. The third kappa shape index (κ3) is 7.30. The van der Waals surface area contributed by atoms with E-state index in [2.05, 4.69) is 24.3 Å². The van der Waals surface area contributed by atoms with Crippen molar-refractivity contribution in [3.8, 4) is 0 Å². The molecule has 2 N–H and O–H groups in total. The predicted molar refractivity (Wildman–Crippen MR) is 75.8 cm³/mol. The summed E-state index contributed by atoms with van der Waals surface area (Å²) in [4.78, 5) is 0. The maximum absolute atomic E-state index is 9.75. The van der Waals surface area contributed by atoms with Crippen LogP contribution in [-0.4, -0.2) is 40.7 Å². The number of hydrogen-bond donors (Lipinski definition) is 2. The van der Waals surface area contributed by atoms with Crippen molar-refractivity contribution in [3.63, 3.8) is 0 Å². The fourth-order valence-electron chi connectivity index (χ4n) is 1.81. The molecule has 0 aliphatic heterocycles. The second kappa shape index (κ2) is 9.07. The maximum atomic E-state index is 9.75. The van der Waals surface area contributed by atoms with Crippen molar-refractivity contribution in [1.29, 1.82) is 0 Å². The Hall–Kier alpha value is -0.910.